The van der Waals surface area contributed by atoms with Gasteiger partial charge in [-0.2, -0.15) is 0 Å². The summed E-state index contributed by atoms with van der Waals surface area (Å²) in [5.74, 6) is -0.362. The number of furan rings is 1. The van der Waals surface area contributed by atoms with E-state index in [1.807, 2.05) is 24.3 Å². The van der Waals surface area contributed by atoms with Gasteiger partial charge in [-0.05, 0) is 92.5 Å². The molecule has 1 aromatic heterocycles. The van der Waals surface area contributed by atoms with Crippen molar-refractivity contribution in [2.45, 2.75) is 44.9 Å². The Morgan fingerprint density at radius 1 is 1.02 bits per heavy atom. The van der Waals surface area contributed by atoms with Crippen LogP contribution in [-0.4, -0.2) is 46.1 Å². The van der Waals surface area contributed by atoms with Crippen LogP contribution >= 0.6 is 0 Å². The van der Waals surface area contributed by atoms with Gasteiger partial charge in [0.05, 0.1) is 17.0 Å². The van der Waals surface area contributed by atoms with Crippen LogP contribution in [0, 0.1) is 5.82 Å². The highest BCUT2D eigenvalue weighted by Gasteiger charge is 2.30. The third-order valence-corrected chi connectivity index (χ3v) is 8.85. The van der Waals surface area contributed by atoms with E-state index in [0.29, 0.717) is 58.7 Å². The topological polar surface area (TPSA) is 115 Å². The Bertz CT molecular complexity index is 1740. The Morgan fingerprint density at radius 3 is 2.47 bits per heavy atom. The van der Waals surface area contributed by atoms with E-state index in [2.05, 4.69) is 10.0 Å². The molecule has 4 aromatic rings. The Balaban J connectivity index is 1.24. The molecular weight excluding hydrogens is 571 g/mol. The molecule has 0 bridgehead atoms. The Hall–Kier alpha value is -4.02. The van der Waals surface area contributed by atoms with Gasteiger partial charge in [0.25, 0.3) is 5.91 Å². The first kappa shape index (κ1) is 30.4. The van der Waals surface area contributed by atoms with Gasteiger partial charge >= 0.3 is 0 Å². The van der Waals surface area contributed by atoms with Crippen LogP contribution in [0.2, 0.25) is 0 Å². The van der Waals surface area contributed by atoms with Crippen LogP contribution in [0.1, 0.15) is 70.4 Å². The summed E-state index contributed by atoms with van der Waals surface area (Å²) in [6.45, 7) is 2.34. The van der Waals surface area contributed by atoms with Gasteiger partial charge in [-0.15, -0.1) is 0 Å². The number of fused-ring (bicyclic) bond motifs is 1. The molecule has 2 N–H and O–H groups in total. The number of halogens is 1. The number of hydrogen-bond acceptors (Lipinski definition) is 6. The molecule has 1 amide bonds. The monoisotopic (exact) mass is 606 g/mol. The van der Waals surface area contributed by atoms with Crippen molar-refractivity contribution in [3.8, 4) is 11.3 Å². The van der Waals surface area contributed by atoms with Crippen molar-refractivity contribution in [3.63, 3.8) is 0 Å². The van der Waals surface area contributed by atoms with E-state index in [0.717, 1.165) is 36.8 Å². The van der Waals surface area contributed by atoms with E-state index in [4.69, 9.17) is 9.15 Å². The molecule has 1 fully saturated rings. The predicted molar refractivity (Wildman–Crippen MR) is 165 cm³/mol. The lowest BCUT2D eigenvalue weighted by Crippen LogP contribution is -2.19. The van der Waals surface area contributed by atoms with Crippen LogP contribution in [0.3, 0.4) is 0 Å². The maximum Gasteiger partial charge on any atom is 0.255 e. The van der Waals surface area contributed by atoms with Gasteiger partial charge in [-0.25, -0.2) is 12.8 Å². The number of carbonyl (C=O) groups excluding carboxylic acids is 2. The molecular formula is C33H35FN2O6S. The second-order valence-electron chi connectivity index (χ2n) is 10.8. The van der Waals surface area contributed by atoms with Gasteiger partial charge in [0.15, 0.2) is 5.78 Å². The van der Waals surface area contributed by atoms with Crippen molar-refractivity contribution in [1.82, 2.24) is 5.32 Å². The number of sulfonamides is 1. The number of rotatable bonds is 14. The van der Waals surface area contributed by atoms with Crippen molar-refractivity contribution in [1.29, 1.82) is 0 Å². The molecule has 0 saturated heterocycles. The largest absolute Gasteiger partial charge is 0.455 e. The summed E-state index contributed by atoms with van der Waals surface area (Å²) in [5.41, 5.74) is 4.23. The van der Waals surface area contributed by atoms with Crippen LogP contribution in [0.4, 0.5) is 10.1 Å². The van der Waals surface area contributed by atoms with Gasteiger partial charge in [-0.1, -0.05) is 18.2 Å². The number of ether oxygens (including phenoxy) is 1. The highest BCUT2D eigenvalue weighted by Crippen LogP contribution is 2.46. The van der Waals surface area contributed by atoms with Crippen molar-refractivity contribution >= 4 is 38.4 Å². The Labute approximate surface area is 250 Å². The van der Waals surface area contributed by atoms with Gasteiger partial charge in [0.2, 0.25) is 10.0 Å². The molecule has 3 aromatic carbocycles. The van der Waals surface area contributed by atoms with E-state index in [-0.39, 0.29) is 23.4 Å². The second-order valence-corrected chi connectivity index (χ2v) is 12.7. The third-order valence-electron chi connectivity index (χ3n) is 7.49. The first-order valence-corrected chi connectivity index (χ1v) is 16.1. The lowest BCUT2D eigenvalue weighted by atomic mass is 10.0. The molecule has 1 aliphatic rings. The highest BCUT2D eigenvalue weighted by atomic mass is 32.2. The fraction of sp³-hybridized carbons (Fsp3) is 0.333. The van der Waals surface area contributed by atoms with Crippen LogP contribution in [-0.2, 0) is 21.2 Å². The van der Waals surface area contributed by atoms with E-state index >= 15 is 0 Å². The average molecular weight is 607 g/mol. The van der Waals surface area contributed by atoms with Crippen LogP contribution in [0.15, 0.2) is 65.1 Å². The average Bonchev–Trinajstić information content (AvgIpc) is 3.76. The molecule has 5 rings (SSSR count). The zero-order valence-electron chi connectivity index (χ0n) is 24.2. The minimum atomic E-state index is -3.69. The molecule has 1 heterocycles. The first-order chi connectivity index (χ1) is 20.6. The molecule has 43 heavy (non-hydrogen) atoms. The minimum absolute atomic E-state index is 0.0321. The number of anilines is 1. The van der Waals surface area contributed by atoms with E-state index in [1.165, 1.54) is 19.2 Å². The van der Waals surface area contributed by atoms with E-state index in [1.54, 1.807) is 31.2 Å². The normalized spacial score (nSPS) is 13.3. The summed E-state index contributed by atoms with van der Waals surface area (Å²) in [7, 11) is -2.16. The van der Waals surface area contributed by atoms with Crippen molar-refractivity contribution < 1.29 is 31.6 Å². The van der Waals surface area contributed by atoms with Crippen molar-refractivity contribution in [3.05, 3.63) is 88.7 Å². The van der Waals surface area contributed by atoms with Gasteiger partial charge < -0.3 is 14.5 Å². The molecule has 0 spiro atoms. The molecule has 0 radical (unpaired) electrons. The number of hydrogen-bond donors (Lipinski definition) is 2. The zero-order chi connectivity index (χ0) is 30.6. The number of carbonyl (C=O) groups is 2. The summed E-state index contributed by atoms with van der Waals surface area (Å²) in [4.78, 5) is 24.5. The Morgan fingerprint density at radius 2 is 1.77 bits per heavy atom. The SMILES string of the molecule is CNC(=O)c1c(-c2ccc(F)cc2)oc2cc(NS(=O)(=O)CCCOCCCc3cccc(C(C)=O)c3)c(C3CC3)cc12. The second kappa shape index (κ2) is 13.1. The number of ketones is 1. The summed E-state index contributed by atoms with van der Waals surface area (Å²) < 4.78 is 54.2. The quantitative estimate of drug-likeness (QED) is 0.126. The summed E-state index contributed by atoms with van der Waals surface area (Å²) in [6, 6.07) is 16.7. The molecule has 8 nitrogen and oxygen atoms in total. The number of benzene rings is 3. The van der Waals surface area contributed by atoms with Gasteiger partial charge in [-0.3, -0.25) is 14.3 Å². The summed E-state index contributed by atoms with van der Waals surface area (Å²) >= 11 is 0. The highest BCUT2D eigenvalue weighted by molar-refractivity contribution is 7.92. The van der Waals surface area contributed by atoms with Crippen molar-refractivity contribution in [2.75, 3.05) is 30.7 Å². The van der Waals surface area contributed by atoms with Gasteiger partial charge in [0.1, 0.15) is 17.2 Å². The minimum Gasteiger partial charge on any atom is -0.455 e. The van der Waals surface area contributed by atoms with Crippen LogP contribution in [0.5, 0.6) is 0 Å². The molecule has 226 valence electrons. The number of Topliss-reactive ketones (excluding diaryl/α,β-unsaturated/α-hetero) is 1. The van der Waals surface area contributed by atoms with E-state index < -0.39 is 15.8 Å². The van der Waals surface area contributed by atoms with Crippen LogP contribution in [0.25, 0.3) is 22.3 Å². The lowest BCUT2D eigenvalue weighted by Gasteiger charge is -2.13. The number of aryl methyl sites for hydroxylation is 1. The maximum absolute atomic E-state index is 13.6. The summed E-state index contributed by atoms with van der Waals surface area (Å²) in [5, 5.41) is 3.22. The standard InChI is InChI=1S/C33H35FN2O6S/c1-21(37)25-8-3-6-22(18-25)7-4-15-41-16-5-17-43(39,40)36-29-20-30-28(19-27(29)23-9-10-23)31(33(38)35-2)32(42-30)24-11-13-26(34)14-12-24/h3,6,8,11-14,18-20,23,36H,4-5,7,9-10,15-17H2,1-2H3,(H,35,38). The fourth-order valence-electron chi connectivity index (χ4n) is 5.13. The molecule has 0 atom stereocenters. The van der Waals surface area contributed by atoms with Gasteiger partial charge in [0, 0.05) is 42.8 Å². The predicted octanol–water partition coefficient (Wildman–Crippen LogP) is 6.46. The number of amides is 1. The lowest BCUT2D eigenvalue weighted by molar-refractivity contribution is 0.0963. The van der Waals surface area contributed by atoms with Crippen molar-refractivity contribution in [2.24, 2.45) is 0 Å². The smallest absolute Gasteiger partial charge is 0.255 e. The third kappa shape index (κ3) is 7.50. The molecule has 0 aliphatic heterocycles. The summed E-state index contributed by atoms with van der Waals surface area (Å²) in [6.07, 6.45) is 3.70. The van der Waals surface area contributed by atoms with Crippen LogP contribution < -0.4 is 10.0 Å². The fourth-order valence-corrected chi connectivity index (χ4v) is 6.24. The number of nitrogens with one attached hydrogen (secondary N) is 2. The molecule has 0 unspecified atom stereocenters. The molecule has 1 aliphatic carbocycles. The first-order valence-electron chi connectivity index (χ1n) is 14.4. The zero-order valence-corrected chi connectivity index (χ0v) is 25.1. The van der Waals surface area contributed by atoms with E-state index in [9.17, 15) is 22.4 Å². The maximum atomic E-state index is 13.6. The molecule has 10 heteroatoms. The molecule has 1 saturated carbocycles. The Kier molecular flexibility index (Phi) is 9.27.